The Morgan fingerprint density at radius 1 is 1.14 bits per heavy atom. The second-order valence-corrected chi connectivity index (χ2v) is 6.89. The molecule has 0 saturated carbocycles. The van der Waals surface area contributed by atoms with E-state index in [2.05, 4.69) is 34.6 Å². The predicted octanol–water partition coefficient (Wildman–Crippen LogP) is 4.10. The van der Waals surface area contributed by atoms with Crippen LogP contribution in [0.3, 0.4) is 0 Å². The summed E-state index contributed by atoms with van der Waals surface area (Å²) in [7, 11) is 0. The monoisotopic (exact) mass is 237 g/mol. The highest BCUT2D eigenvalue weighted by Gasteiger charge is 2.58. The lowest BCUT2D eigenvalue weighted by Crippen LogP contribution is -2.62. The van der Waals surface area contributed by atoms with Gasteiger partial charge in [0.15, 0.2) is 0 Å². The summed E-state index contributed by atoms with van der Waals surface area (Å²) in [6.07, 6.45) is 0. The molecule has 1 fully saturated rings. The van der Waals surface area contributed by atoms with E-state index in [4.69, 9.17) is 23.4 Å². The highest BCUT2D eigenvalue weighted by Crippen LogP contribution is 2.58. The van der Waals surface area contributed by atoms with Crippen molar-refractivity contribution in [3.8, 4) is 0 Å². The van der Waals surface area contributed by atoms with E-state index in [0.717, 1.165) is 6.54 Å². The Labute approximate surface area is 97.9 Å². The van der Waals surface area contributed by atoms with Crippen molar-refractivity contribution < 1.29 is 0 Å². The maximum Gasteiger partial charge on any atom is 0.112 e. The summed E-state index contributed by atoms with van der Waals surface area (Å²) < 4.78 is 1.75. The van der Waals surface area contributed by atoms with E-state index in [0.29, 0.717) is 5.92 Å². The average molecular weight is 238 g/mol. The number of piperidine rings is 1. The number of alkyl halides is 1. The highest BCUT2D eigenvalue weighted by molar-refractivity contribution is 6.28. The molecule has 0 aromatic rings. The normalized spacial score (nSPS) is 42.4. The van der Waals surface area contributed by atoms with Crippen molar-refractivity contribution in [3.63, 3.8) is 0 Å². The van der Waals surface area contributed by atoms with Crippen LogP contribution < -0.4 is 0 Å². The molecule has 0 N–H and O–H groups in total. The van der Waals surface area contributed by atoms with Gasteiger partial charge in [0, 0.05) is 12.0 Å². The number of hydrogen-bond acceptors (Lipinski definition) is 1. The van der Waals surface area contributed by atoms with Crippen LogP contribution in [-0.4, -0.2) is 16.0 Å². The van der Waals surface area contributed by atoms with Gasteiger partial charge in [0.2, 0.25) is 0 Å². The van der Waals surface area contributed by atoms with Gasteiger partial charge in [-0.05, 0) is 30.0 Å². The van der Waals surface area contributed by atoms with Gasteiger partial charge in [-0.15, -0.1) is 11.6 Å². The predicted molar refractivity (Wildman–Crippen MR) is 63.5 cm³/mol. The molecular formula is C11H21Cl2N. The molecule has 0 radical (unpaired) electrons. The maximum absolute atomic E-state index is 6.56. The zero-order valence-corrected chi connectivity index (χ0v) is 11.5. The van der Waals surface area contributed by atoms with Gasteiger partial charge in [0.25, 0.3) is 0 Å². The first-order chi connectivity index (χ1) is 6.05. The fourth-order valence-electron chi connectivity index (χ4n) is 2.15. The lowest BCUT2D eigenvalue weighted by molar-refractivity contribution is -0.0780. The molecule has 1 nitrogen and oxygen atoms in total. The zero-order valence-electron chi connectivity index (χ0n) is 9.99. The number of nitrogens with zero attached hydrogens (tertiary/aromatic N) is 1. The third kappa shape index (κ3) is 1.40. The second-order valence-electron chi connectivity index (χ2n) is 5.75. The molecule has 3 heteroatoms. The first kappa shape index (κ1) is 12.6. The van der Waals surface area contributed by atoms with E-state index in [1.807, 2.05) is 6.92 Å². The Morgan fingerprint density at radius 3 is 2.00 bits per heavy atom. The molecule has 1 saturated heterocycles. The number of rotatable bonds is 0. The molecule has 1 aliphatic rings. The van der Waals surface area contributed by atoms with Crippen LogP contribution in [0.4, 0.5) is 0 Å². The van der Waals surface area contributed by atoms with E-state index in [-0.39, 0.29) is 10.8 Å². The molecule has 0 spiro atoms. The van der Waals surface area contributed by atoms with Crippen molar-refractivity contribution in [1.82, 2.24) is 4.42 Å². The topological polar surface area (TPSA) is 3.24 Å². The van der Waals surface area contributed by atoms with Gasteiger partial charge < -0.3 is 0 Å². The standard InChI is InChI=1S/C11H21Cl2N/c1-8-7-14(13)11(6,12)10(4,5)9(8,2)3/h8H,7H2,1-6H3. The van der Waals surface area contributed by atoms with Crippen LogP contribution in [0.5, 0.6) is 0 Å². The minimum atomic E-state index is -0.482. The van der Waals surface area contributed by atoms with Crippen molar-refractivity contribution in [1.29, 1.82) is 0 Å². The summed E-state index contributed by atoms with van der Waals surface area (Å²) in [5.41, 5.74) is 0.163. The molecule has 0 bridgehead atoms. The van der Waals surface area contributed by atoms with Crippen molar-refractivity contribution in [2.45, 2.75) is 46.5 Å². The third-order valence-corrected chi connectivity index (χ3v) is 6.11. The van der Waals surface area contributed by atoms with Crippen LogP contribution in [0.2, 0.25) is 0 Å². The van der Waals surface area contributed by atoms with Crippen molar-refractivity contribution >= 4 is 23.4 Å². The lowest BCUT2D eigenvalue weighted by atomic mass is 9.56. The fraction of sp³-hybridized carbons (Fsp3) is 1.00. The summed E-state index contributed by atoms with van der Waals surface area (Å²) >= 11 is 12.8. The van der Waals surface area contributed by atoms with Crippen LogP contribution in [0, 0.1) is 16.7 Å². The van der Waals surface area contributed by atoms with E-state index < -0.39 is 5.00 Å². The molecule has 1 aliphatic heterocycles. The zero-order chi connectivity index (χ0) is 11.4. The lowest BCUT2D eigenvalue weighted by Gasteiger charge is -2.60. The SMILES string of the molecule is CC1CN(Cl)C(C)(Cl)C(C)(C)C1(C)C. The van der Waals surface area contributed by atoms with Crippen molar-refractivity contribution in [2.24, 2.45) is 16.7 Å². The van der Waals surface area contributed by atoms with Gasteiger partial charge >= 0.3 is 0 Å². The van der Waals surface area contributed by atoms with Gasteiger partial charge in [-0.25, -0.2) is 0 Å². The van der Waals surface area contributed by atoms with Crippen LogP contribution >= 0.6 is 23.4 Å². The Morgan fingerprint density at radius 2 is 1.57 bits per heavy atom. The van der Waals surface area contributed by atoms with Gasteiger partial charge in [-0.1, -0.05) is 34.6 Å². The largest absolute Gasteiger partial charge is 0.199 e. The van der Waals surface area contributed by atoms with Crippen molar-refractivity contribution in [2.75, 3.05) is 6.54 Å². The average Bonchev–Trinajstić information content (AvgIpc) is 2.01. The summed E-state index contributed by atoms with van der Waals surface area (Å²) in [5.74, 6) is 0.543. The molecule has 2 unspecified atom stereocenters. The van der Waals surface area contributed by atoms with Crippen molar-refractivity contribution in [3.05, 3.63) is 0 Å². The number of halogens is 2. The Bertz CT molecular complexity index is 211. The van der Waals surface area contributed by atoms with Gasteiger partial charge in [0.05, 0.1) is 0 Å². The first-order valence-corrected chi connectivity index (χ1v) is 5.89. The van der Waals surface area contributed by atoms with Crippen LogP contribution in [0.1, 0.15) is 41.5 Å². The third-order valence-electron chi connectivity index (χ3n) is 4.87. The van der Waals surface area contributed by atoms with Crippen LogP contribution in [-0.2, 0) is 0 Å². The second kappa shape index (κ2) is 3.26. The van der Waals surface area contributed by atoms with E-state index >= 15 is 0 Å². The molecule has 0 amide bonds. The fourth-order valence-corrected chi connectivity index (χ4v) is 2.88. The summed E-state index contributed by atoms with van der Waals surface area (Å²) in [6.45, 7) is 14.1. The molecule has 0 aliphatic carbocycles. The first-order valence-electron chi connectivity index (χ1n) is 5.17. The Balaban J connectivity index is 3.17. The molecule has 1 rings (SSSR count). The molecule has 2 atom stereocenters. The molecule has 0 aromatic heterocycles. The minimum Gasteiger partial charge on any atom is -0.199 e. The van der Waals surface area contributed by atoms with Gasteiger partial charge in [-0.2, -0.15) is 4.42 Å². The summed E-state index contributed by atoms with van der Waals surface area (Å²) in [5, 5.41) is 0. The molecule has 14 heavy (non-hydrogen) atoms. The van der Waals surface area contributed by atoms with Crippen LogP contribution in [0.25, 0.3) is 0 Å². The Hall–Kier alpha value is 0.540. The quantitative estimate of drug-likeness (QED) is 0.349. The molecule has 1 heterocycles. The molecular weight excluding hydrogens is 217 g/mol. The van der Waals surface area contributed by atoms with E-state index in [1.165, 1.54) is 0 Å². The molecule has 0 aromatic carbocycles. The Kier molecular flexibility index (Phi) is 2.94. The van der Waals surface area contributed by atoms with Gasteiger partial charge in [-0.3, -0.25) is 0 Å². The molecule has 84 valence electrons. The van der Waals surface area contributed by atoms with E-state index in [1.54, 1.807) is 4.42 Å². The maximum atomic E-state index is 6.56. The van der Waals surface area contributed by atoms with Gasteiger partial charge in [0.1, 0.15) is 5.00 Å². The minimum absolute atomic E-state index is 0.0268. The smallest absolute Gasteiger partial charge is 0.112 e. The van der Waals surface area contributed by atoms with E-state index in [9.17, 15) is 0 Å². The van der Waals surface area contributed by atoms with Crippen LogP contribution in [0.15, 0.2) is 0 Å². The summed E-state index contributed by atoms with van der Waals surface area (Å²) in [6, 6.07) is 0. The highest BCUT2D eigenvalue weighted by atomic mass is 35.5. The summed E-state index contributed by atoms with van der Waals surface area (Å²) in [4.78, 5) is -0.482. The number of hydrogen-bond donors (Lipinski definition) is 0.